The van der Waals surface area contributed by atoms with Crippen LogP contribution < -0.4 is 14.8 Å². The summed E-state index contributed by atoms with van der Waals surface area (Å²) in [7, 11) is -2.16. The van der Waals surface area contributed by atoms with Crippen molar-refractivity contribution in [3.8, 4) is 5.88 Å². The molecule has 0 aliphatic rings. The molecule has 0 aliphatic heterocycles. The van der Waals surface area contributed by atoms with Gasteiger partial charge in [-0.25, -0.2) is 18.1 Å². The first-order valence-electron chi connectivity index (χ1n) is 5.66. The Kier molecular flexibility index (Phi) is 5.58. The maximum Gasteiger partial charge on any atom is 0.372 e. The summed E-state index contributed by atoms with van der Waals surface area (Å²) < 4.78 is 29.9. The number of aromatic nitrogens is 2. The minimum absolute atomic E-state index is 0.0314. The Hall–Kier alpha value is -2.01. The number of methoxy groups -OCH3 is 1. The number of ether oxygens (including phenoxy) is 1. The van der Waals surface area contributed by atoms with Crippen LogP contribution in [-0.2, 0) is 10.0 Å². The van der Waals surface area contributed by atoms with Crippen LogP contribution in [0.1, 0.15) is 6.92 Å². The molecule has 0 saturated heterocycles. The highest BCUT2D eigenvalue weighted by Crippen LogP contribution is 2.29. The molecule has 0 radical (unpaired) electrons. The molecule has 0 saturated carbocycles. The van der Waals surface area contributed by atoms with Gasteiger partial charge >= 0.3 is 5.69 Å². The molecular weight excluding hydrogens is 290 g/mol. The molecule has 0 fully saturated rings. The summed E-state index contributed by atoms with van der Waals surface area (Å²) in [5, 5.41) is 13.5. The highest BCUT2D eigenvalue weighted by molar-refractivity contribution is 7.89. The molecule has 0 amide bonds. The zero-order chi connectivity index (χ0) is 15.2. The van der Waals surface area contributed by atoms with Gasteiger partial charge in [0.1, 0.15) is 6.33 Å². The Balaban J connectivity index is 2.81. The van der Waals surface area contributed by atoms with Crippen molar-refractivity contribution in [2.75, 3.05) is 31.3 Å². The van der Waals surface area contributed by atoms with Crippen molar-refractivity contribution < 1.29 is 18.1 Å². The predicted molar refractivity (Wildman–Crippen MR) is 71.2 cm³/mol. The van der Waals surface area contributed by atoms with Gasteiger partial charge in [-0.15, -0.1) is 0 Å². The maximum absolute atomic E-state index is 11.4. The summed E-state index contributed by atoms with van der Waals surface area (Å²) in [4.78, 5) is 17.6. The van der Waals surface area contributed by atoms with Gasteiger partial charge in [-0.1, -0.05) is 6.92 Å². The van der Waals surface area contributed by atoms with Crippen LogP contribution in [0.2, 0.25) is 0 Å². The smallest absolute Gasteiger partial charge is 0.372 e. The van der Waals surface area contributed by atoms with E-state index < -0.39 is 20.6 Å². The SMILES string of the molecule is CCNS(=O)(=O)CCNc1ncnc(OC)c1[N+](=O)[O-]. The third-order valence-electron chi connectivity index (χ3n) is 2.19. The summed E-state index contributed by atoms with van der Waals surface area (Å²) >= 11 is 0. The van der Waals surface area contributed by atoms with Crippen LogP contribution in [0.15, 0.2) is 6.33 Å². The van der Waals surface area contributed by atoms with Crippen molar-refractivity contribution in [3.05, 3.63) is 16.4 Å². The Labute approximate surface area is 115 Å². The lowest BCUT2D eigenvalue weighted by Gasteiger charge is -2.08. The summed E-state index contributed by atoms with van der Waals surface area (Å²) in [5.74, 6) is -0.514. The van der Waals surface area contributed by atoms with Crippen LogP contribution in [0.4, 0.5) is 11.5 Å². The molecule has 10 nitrogen and oxygen atoms in total. The minimum Gasteiger partial charge on any atom is -0.476 e. The van der Waals surface area contributed by atoms with Gasteiger partial charge in [0.2, 0.25) is 15.8 Å². The van der Waals surface area contributed by atoms with E-state index in [9.17, 15) is 18.5 Å². The lowest BCUT2D eigenvalue weighted by molar-refractivity contribution is -0.385. The Bertz CT molecular complexity index is 576. The second-order valence-corrected chi connectivity index (χ2v) is 5.51. The molecule has 1 aromatic heterocycles. The maximum atomic E-state index is 11.4. The second kappa shape index (κ2) is 6.96. The lowest BCUT2D eigenvalue weighted by Crippen LogP contribution is -2.29. The summed E-state index contributed by atoms with van der Waals surface area (Å²) in [5.41, 5.74) is -0.434. The van der Waals surface area contributed by atoms with Crippen LogP contribution in [0.3, 0.4) is 0 Å². The Morgan fingerprint density at radius 2 is 2.15 bits per heavy atom. The van der Waals surface area contributed by atoms with Gasteiger partial charge in [-0.2, -0.15) is 4.98 Å². The first kappa shape index (κ1) is 16.0. The highest BCUT2D eigenvalue weighted by Gasteiger charge is 2.23. The molecule has 0 atom stereocenters. The van der Waals surface area contributed by atoms with Crippen LogP contribution in [0.5, 0.6) is 5.88 Å². The van der Waals surface area contributed by atoms with E-state index in [4.69, 9.17) is 4.74 Å². The molecule has 0 aromatic carbocycles. The summed E-state index contributed by atoms with van der Waals surface area (Å²) in [6.45, 7) is 1.91. The molecule has 0 unspecified atom stereocenters. The molecule has 0 bridgehead atoms. The van der Waals surface area contributed by atoms with E-state index in [2.05, 4.69) is 20.0 Å². The Morgan fingerprint density at radius 3 is 2.70 bits per heavy atom. The number of anilines is 1. The number of nitrogens with zero attached hydrogens (tertiary/aromatic N) is 3. The van der Waals surface area contributed by atoms with Crippen LogP contribution in [0, 0.1) is 10.1 Å². The fourth-order valence-electron chi connectivity index (χ4n) is 1.40. The zero-order valence-corrected chi connectivity index (χ0v) is 11.8. The number of nitrogens with one attached hydrogen (secondary N) is 2. The average molecular weight is 305 g/mol. The van der Waals surface area contributed by atoms with Crippen molar-refractivity contribution >= 4 is 21.5 Å². The first-order chi connectivity index (χ1) is 9.41. The van der Waals surface area contributed by atoms with Gasteiger partial charge in [0.25, 0.3) is 5.88 Å². The molecule has 20 heavy (non-hydrogen) atoms. The molecule has 112 valence electrons. The van der Waals surface area contributed by atoms with Crippen LogP contribution >= 0.6 is 0 Å². The van der Waals surface area contributed by atoms with Crippen molar-refractivity contribution in [2.24, 2.45) is 0 Å². The van der Waals surface area contributed by atoms with Gasteiger partial charge in [0.05, 0.1) is 17.8 Å². The molecule has 11 heteroatoms. The fourth-order valence-corrected chi connectivity index (χ4v) is 2.36. The number of hydrogen-bond acceptors (Lipinski definition) is 8. The van der Waals surface area contributed by atoms with Crippen molar-refractivity contribution in [1.29, 1.82) is 0 Å². The van der Waals surface area contributed by atoms with E-state index in [1.807, 2.05) is 0 Å². The first-order valence-corrected chi connectivity index (χ1v) is 7.31. The second-order valence-electron chi connectivity index (χ2n) is 3.58. The summed E-state index contributed by atoms with van der Waals surface area (Å²) in [6, 6.07) is 0. The van der Waals surface area contributed by atoms with Gasteiger partial charge in [-0.05, 0) is 0 Å². The van der Waals surface area contributed by atoms with Crippen LogP contribution in [-0.4, -0.2) is 49.3 Å². The number of hydrogen-bond donors (Lipinski definition) is 2. The number of rotatable bonds is 8. The van der Waals surface area contributed by atoms with E-state index >= 15 is 0 Å². The standard InChI is InChI=1S/C9H15N5O5S/c1-3-13-20(17,18)5-4-10-8-7(14(15)16)9(19-2)12-6-11-8/h6,13H,3-5H2,1-2H3,(H,10,11,12). The molecular formula is C9H15N5O5S. The predicted octanol–water partition coefficient (Wildman–Crippen LogP) is -0.255. The van der Waals surface area contributed by atoms with E-state index in [0.717, 1.165) is 6.33 Å². The van der Waals surface area contributed by atoms with Crippen molar-refractivity contribution in [3.63, 3.8) is 0 Å². The van der Waals surface area contributed by atoms with Crippen molar-refractivity contribution in [2.45, 2.75) is 6.92 Å². The fraction of sp³-hybridized carbons (Fsp3) is 0.556. The topological polar surface area (TPSA) is 136 Å². The molecule has 1 rings (SSSR count). The molecule has 0 aliphatic carbocycles. The third-order valence-corrected chi connectivity index (χ3v) is 3.66. The third kappa shape index (κ3) is 4.28. The number of sulfonamides is 1. The van der Waals surface area contributed by atoms with Gasteiger partial charge in [-0.3, -0.25) is 10.1 Å². The van der Waals surface area contributed by atoms with Gasteiger partial charge < -0.3 is 10.1 Å². The summed E-state index contributed by atoms with van der Waals surface area (Å²) in [6.07, 6.45) is 1.09. The number of nitro groups is 1. The van der Waals surface area contributed by atoms with Gasteiger partial charge in [0.15, 0.2) is 0 Å². The van der Waals surface area contributed by atoms with Gasteiger partial charge in [0, 0.05) is 13.1 Å². The Morgan fingerprint density at radius 1 is 1.45 bits per heavy atom. The monoisotopic (exact) mass is 305 g/mol. The quantitative estimate of drug-likeness (QED) is 0.495. The minimum atomic E-state index is -3.41. The molecule has 1 heterocycles. The van der Waals surface area contributed by atoms with E-state index in [-0.39, 0.29) is 30.5 Å². The van der Waals surface area contributed by atoms with Crippen molar-refractivity contribution in [1.82, 2.24) is 14.7 Å². The van der Waals surface area contributed by atoms with Crippen LogP contribution in [0.25, 0.3) is 0 Å². The highest BCUT2D eigenvalue weighted by atomic mass is 32.2. The molecule has 1 aromatic rings. The molecule has 0 spiro atoms. The lowest BCUT2D eigenvalue weighted by atomic mass is 10.4. The molecule has 2 N–H and O–H groups in total. The zero-order valence-electron chi connectivity index (χ0n) is 11.0. The van der Waals surface area contributed by atoms with E-state index in [1.54, 1.807) is 6.92 Å². The largest absolute Gasteiger partial charge is 0.476 e. The average Bonchev–Trinajstić information content (AvgIpc) is 2.37. The van der Waals surface area contributed by atoms with E-state index in [0.29, 0.717) is 0 Å². The van der Waals surface area contributed by atoms with E-state index in [1.165, 1.54) is 7.11 Å². The normalized spacial score (nSPS) is 11.1.